The zero-order chi connectivity index (χ0) is 24.7. The van der Waals surface area contributed by atoms with E-state index in [0.29, 0.717) is 23.0 Å². The van der Waals surface area contributed by atoms with Crippen LogP contribution in [0.25, 0.3) is 11.3 Å². The first-order valence-electron chi connectivity index (χ1n) is 10.7. The zero-order valence-corrected chi connectivity index (χ0v) is 19.7. The first kappa shape index (κ1) is 23.9. The number of hydrogen-bond donors (Lipinski definition) is 1. The summed E-state index contributed by atoms with van der Waals surface area (Å²) in [7, 11) is -3.83. The molecule has 0 radical (unpaired) electrons. The van der Waals surface area contributed by atoms with Crippen LogP contribution in [0.5, 0.6) is 5.75 Å². The van der Waals surface area contributed by atoms with Crippen molar-refractivity contribution < 1.29 is 17.3 Å². The highest BCUT2D eigenvalue weighted by molar-refractivity contribution is 7.86. The molecule has 0 saturated carbocycles. The van der Waals surface area contributed by atoms with Gasteiger partial charge in [0.15, 0.2) is 0 Å². The largest absolute Gasteiger partial charge is 0.491 e. The minimum absolute atomic E-state index is 0.0665. The number of nitrogens with zero attached hydrogens (tertiary/aromatic N) is 3. The normalized spacial score (nSPS) is 11.0. The van der Waals surface area contributed by atoms with Crippen LogP contribution in [0.15, 0.2) is 90.0 Å². The fourth-order valence-corrected chi connectivity index (χ4v) is 4.07. The first-order valence-corrected chi connectivity index (χ1v) is 12.1. The second-order valence-electron chi connectivity index (χ2n) is 7.52. The molecule has 0 saturated heterocycles. The highest BCUT2D eigenvalue weighted by Gasteiger charge is 2.14. The molecule has 35 heavy (non-hydrogen) atoms. The second-order valence-corrected chi connectivity index (χ2v) is 9.14. The van der Waals surface area contributed by atoms with Crippen LogP contribution in [-0.2, 0) is 14.3 Å². The first-order chi connectivity index (χ1) is 16.9. The fraction of sp³-hybridized carbons (Fsp3) is 0.115. The number of aryl methyl sites for hydroxylation is 1. The maximum atomic E-state index is 12.2. The number of nitriles is 1. The van der Waals surface area contributed by atoms with Gasteiger partial charge in [0.05, 0.1) is 22.3 Å². The standard InChI is InChI=1S/C26H22N4O4S/c1-19-7-13-24(14-8-19)35(31,32)34-16-15-33-23-11-9-22(10-12-23)29-26-28-18-21(17-27)25(30-26)20-5-3-2-4-6-20/h2-14,18H,15-16H2,1H3,(H,28,29,30). The molecule has 0 amide bonds. The summed E-state index contributed by atoms with van der Waals surface area (Å²) >= 11 is 0. The van der Waals surface area contributed by atoms with Gasteiger partial charge in [-0.1, -0.05) is 48.0 Å². The van der Waals surface area contributed by atoms with E-state index in [2.05, 4.69) is 21.4 Å². The van der Waals surface area contributed by atoms with Gasteiger partial charge >= 0.3 is 0 Å². The van der Waals surface area contributed by atoms with Crippen molar-refractivity contribution in [3.63, 3.8) is 0 Å². The minimum atomic E-state index is -3.83. The molecule has 9 heteroatoms. The predicted octanol–water partition coefficient (Wildman–Crippen LogP) is 4.85. The molecule has 3 aromatic carbocycles. The summed E-state index contributed by atoms with van der Waals surface area (Å²) in [5.41, 5.74) is 3.44. The third kappa shape index (κ3) is 6.20. The van der Waals surface area contributed by atoms with Gasteiger partial charge in [-0.3, -0.25) is 4.18 Å². The highest BCUT2D eigenvalue weighted by Crippen LogP contribution is 2.24. The van der Waals surface area contributed by atoms with Crippen LogP contribution in [0.2, 0.25) is 0 Å². The number of nitrogens with one attached hydrogen (secondary N) is 1. The van der Waals surface area contributed by atoms with Crippen molar-refractivity contribution in [3.8, 4) is 23.1 Å². The fourth-order valence-electron chi connectivity index (χ4n) is 3.18. The van der Waals surface area contributed by atoms with Crippen LogP contribution < -0.4 is 10.1 Å². The van der Waals surface area contributed by atoms with E-state index in [4.69, 9.17) is 8.92 Å². The van der Waals surface area contributed by atoms with E-state index in [0.717, 1.165) is 16.8 Å². The van der Waals surface area contributed by atoms with Gasteiger partial charge in [0.25, 0.3) is 10.1 Å². The Morgan fingerprint density at radius 3 is 2.34 bits per heavy atom. The van der Waals surface area contributed by atoms with Crippen LogP contribution in [0.3, 0.4) is 0 Å². The molecular formula is C26H22N4O4S. The monoisotopic (exact) mass is 486 g/mol. The minimum Gasteiger partial charge on any atom is -0.491 e. The molecule has 1 N–H and O–H groups in total. The maximum absolute atomic E-state index is 12.2. The molecule has 8 nitrogen and oxygen atoms in total. The van der Waals surface area contributed by atoms with Gasteiger partial charge < -0.3 is 10.1 Å². The maximum Gasteiger partial charge on any atom is 0.297 e. The van der Waals surface area contributed by atoms with Crippen molar-refractivity contribution in [3.05, 3.63) is 96.2 Å². The lowest BCUT2D eigenvalue weighted by molar-refractivity contribution is 0.221. The molecule has 0 atom stereocenters. The van der Waals surface area contributed by atoms with Crippen molar-refractivity contribution >= 4 is 21.8 Å². The van der Waals surface area contributed by atoms with Gasteiger partial charge in [-0.2, -0.15) is 13.7 Å². The molecule has 176 valence electrons. The Morgan fingerprint density at radius 1 is 0.943 bits per heavy atom. The SMILES string of the molecule is Cc1ccc(S(=O)(=O)OCCOc2ccc(Nc3ncc(C#N)c(-c4ccccc4)n3)cc2)cc1. The summed E-state index contributed by atoms with van der Waals surface area (Å²) in [4.78, 5) is 8.82. The number of aromatic nitrogens is 2. The van der Waals surface area contributed by atoms with Crippen LogP contribution >= 0.6 is 0 Å². The van der Waals surface area contributed by atoms with E-state index in [1.165, 1.54) is 18.3 Å². The average Bonchev–Trinajstić information content (AvgIpc) is 2.88. The van der Waals surface area contributed by atoms with E-state index in [-0.39, 0.29) is 18.1 Å². The molecule has 0 bridgehead atoms. The highest BCUT2D eigenvalue weighted by atomic mass is 32.2. The molecule has 4 aromatic rings. The van der Waals surface area contributed by atoms with Gasteiger partial charge in [0.1, 0.15) is 25.0 Å². The van der Waals surface area contributed by atoms with E-state index >= 15 is 0 Å². The van der Waals surface area contributed by atoms with Crippen molar-refractivity contribution in [2.24, 2.45) is 0 Å². The Balaban J connectivity index is 1.33. The smallest absolute Gasteiger partial charge is 0.297 e. The van der Waals surface area contributed by atoms with Crippen molar-refractivity contribution in [2.45, 2.75) is 11.8 Å². The third-order valence-corrected chi connectivity index (χ3v) is 6.29. The van der Waals surface area contributed by atoms with Gasteiger partial charge in [-0.25, -0.2) is 9.97 Å². The Kier molecular flexibility index (Phi) is 7.35. The molecule has 1 heterocycles. The molecule has 1 aromatic heterocycles. The van der Waals surface area contributed by atoms with Crippen molar-refractivity contribution in [2.75, 3.05) is 18.5 Å². The summed E-state index contributed by atoms with van der Waals surface area (Å²) in [6, 6.07) is 25.0. The molecular weight excluding hydrogens is 464 g/mol. The van der Waals surface area contributed by atoms with Crippen molar-refractivity contribution in [1.29, 1.82) is 5.26 Å². The predicted molar refractivity (Wildman–Crippen MR) is 132 cm³/mol. The summed E-state index contributed by atoms with van der Waals surface area (Å²) < 4.78 is 35.1. The molecule has 4 rings (SSSR count). The summed E-state index contributed by atoms with van der Waals surface area (Å²) in [6.45, 7) is 1.83. The van der Waals surface area contributed by atoms with Crippen LogP contribution in [0.1, 0.15) is 11.1 Å². The Morgan fingerprint density at radius 2 is 1.66 bits per heavy atom. The summed E-state index contributed by atoms with van der Waals surface area (Å²) in [6.07, 6.45) is 1.49. The second kappa shape index (κ2) is 10.8. The van der Waals surface area contributed by atoms with Crippen LogP contribution in [0.4, 0.5) is 11.6 Å². The van der Waals surface area contributed by atoms with Crippen LogP contribution in [0, 0.1) is 18.3 Å². The summed E-state index contributed by atoms with van der Waals surface area (Å²) in [5, 5.41) is 12.5. The van der Waals surface area contributed by atoms with E-state index in [1.807, 2.05) is 37.3 Å². The van der Waals surface area contributed by atoms with Crippen molar-refractivity contribution in [1.82, 2.24) is 9.97 Å². The Labute approximate surface area is 204 Å². The lowest BCUT2D eigenvalue weighted by atomic mass is 10.1. The number of rotatable bonds is 9. The van der Waals surface area contributed by atoms with E-state index in [1.54, 1.807) is 36.4 Å². The van der Waals surface area contributed by atoms with Gasteiger partial charge in [-0.05, 0) is 43.3 Å². The van der Waals surface area contributed by atoms with E-state index in [9.17, 15) is 13.7 Å². The quantitative estimate of drug-likeness (QED) is 0.264. The lowest BCUT2D eigenvalue weighted by Crippen LogP contribution is -2.13. The Bertz CT molecular complexity index is 1430. The zero-order valence-electron chi connectivity index (χ0n) is 18.9. The summed E-state index contributed by atoms with van der Waals surface area (Å²) in [5.74, 6) is 0.906. The molecule has 0 aliphatic heterocycles. The molecule has 0 aliphatic carbocycles. The number of ether oxygens (including phenoxy) is 1. The molecule has 0 fully saturated rings. The molecule has 0 unspecified atom stereocenters. The third-order valence-electron chi connectivity index (χ3n) is 4.97. The molecule has 0 aliphatic rings. The van der Waals surface area contributed by atoms with Gasteiger partial charge in [0, 0.05) is 11.3 Å². The topological polar surface area (TPSA) is 114 Å². The number of anilines is 2. The average molecular weight is 487 g/mol. The van der Waals surface area contributed by atoms with Gasteiger partial charge in [-0.15, -0.1) is 0 Å². The number of benzene rings is 3. The molecule has 0 spiro atoms. The Hall–Kier alpha value is -4.26. The van der Waals surface area contributed by atoms with Crippen LogP contribution in [-0.4, -0.2) is 31.6 Å². The number of hydrogen-bond acceptors (Lipinski definition) is 8. The van der Waals surface area contributed by atoms with E-state index < -0.39 is 10.1 Å². The van der Waals surface area contributed by atoms with Gasteiger partial charge in [0.2, 0.25) is 5.95 Å². The lowest BCUT2D eigenvalue weighted by Gasteiger charge is -2.10.